The first-order valence-corrected chi connectivity index (χ1v) is 9.09. The van der Waals surface area contributed by atoms with Crippen molar-refractivity contribution in [3.8, 4) is 0 Å². The molecule has 2 rings (SSSR count). The molecule has 0 radical (unpaired) electrons. The molecule has 0 fully saturated rings. The van der Waals surface area contributed by atoms with E-state index in [1.165, 1.54) is 11.1 Å². The van der Waals surface area contributed by atoms with E-state index in [0.29, 0.717) is 12.3 Å². The van der Waals surface area contributed by atoms with Crippen molar-refractivity contribution in [3.05, 3.63) is 59.7 Å². The molecule has 4 nitrogen and oxygen atoms in total. The average Bonchev–Trinajstić information content (AvgIpc) is 2.57. The summed E-state index contributed by atoms with van der Waals surface area (Å²) in [6, 6.07) is 16.0. The number of carbonyl (C=O) groups is 1. The van der Waals surface area contributed by atoms with Gasteiger partial charge in [0.15, 0.2) is 0 Å². The molecule has 0 saturated carbocycles. The maximum absolute atomic E-state index is 12.0. The van der Waals surface area contributed by atoms with Crippen molar-refractivity contribution in [1.82, 2.24) is 0 Å². The van der Waals surface area contributed by atoms with Gasteiger partial charge in [-0.25, -0.2) is 0 Å². The molecule has 0 heterocycles. The molecule has 0 bridgehead atoms. The largest absolute Gasteiger partial charge is 0.395 e. The fourth-order valence-electron chi connectivity index (χ4n) is 2.22. The van der Waals surface area contributed by atoms with E-state index < -0.39 is 0 Å². The van der Waals surface area contributed by atoms with Gasteiger partial charge < -0.3 is 15.3 Å². The number of nitrogens with zero attached hydrogens (tertiary/aromatic N) is 1. The van der Waals surface area contributed by atoms with E-state index in [-0.39, 0.29) is 12.5 Å². The van der Waals surface area contributed by atoms with E-state index in [1.807, 2.05) is 36.2 Å². The van der Waals surface area contributed by atoms with E-state index in [4.69, 9.17) is 5.11 Å². The Balaban J connectivity index is 1.76. The second-order valence-electron chi connectivity index (χ2n) is 5.72. The molecule has 5 heteroatoms. The van der Waals surface area contributed by atoms with Gasteiger partial charge in [-0.1, -0.05) is 29.8 Å². The molecule has 1 amide bonds. The highest BCUT2D eigenvalue weighted by atomic mass is 32.2. The zero-order valence-electron chi connectivity index (χ0n) is 14.2. The van der Waals surface area contributed by atoms with Crippen LogP contribution in [-0.2, 0) is 10.5 Å². The third-order valence-electron chi connectivity index (χ3n) is 3.65. The Morgan fingerprint density at radius 1 is 1.12 bits per heavy atom. The monoisotopic (exact) mass is 344 g/mol. The number of rotatable bonds is 8. The SMILES string of the molecule is Cc1ccc(CSCC(=O)Nc2ccc(N(C)CCO)cc2)cc1. The van der Waals surface area contributed by atoms with Crippen molar-refractivity contribution in [1.29, 1.82) is 0 Å². The van der Waals surface area contributed by atoms with Crippen LogP contribution >= 0.6 is 11.8 Å². The Morgan fingerprint density at radius 2 is 1.79 bits per heavy atom. The van der Waals surface area contributed by atoms with Crippen LogP contribution < -0.4 is 10.2 Å². The van der Waals surface area contributed by atoms with Crippen LogP contribution in [0.25, 0.3) is 0 Å². The predicted octanol–water partition coefficient (Wildman–Crippen LogP) is 3.30. The summed E-state index contributed by atoms with van der Waals surface area (Å²) in [4.78, 5) is 14.0. The number of aliphatic hydroxyl groups excluding tert-OH is 1. The molecule has 24 heavy (non-hydrogen) atoms. The third-order valence-corrected chi connectivity index (χ3v) is 4.65. The summed E-state index contributed by atoms with van der Waals surface area (Å²) in [5, 5.41) is 11.9. The number of thioether (sulfide) groups is 1. The topological polar surface area (TPSA) is 52.6 Å². The first-order chi connectivity index (χ1) is 11.6. The van der Waals surface area contributed by atoms with Crippen molar-refractivity contribution >= 4 is 29.0 Å². The van der Waals surface area contributed by atoms with E-state index in [0.717, 1.165) is 17.1 Å². The molecule has 0 saturated heterocycles. The molecule has 0 aliphatic carbocycles. The molecule has 2 N–H and O–H groups in total. The van der Waals surface area contributed by atoms with Crippen LogP contribution in [-0.4, -0.2) is 37.0 Å². The van der Waals surface area contributed by atoms with Crippen LogP contribution in [0.3, 0.4) is 0 Å². The molecule has 0 aliphatic rings. The van der Waals surface area contributed by atoms with Gasteiger partial charge in [-0.05, 0) is 36.8 Å². The second kappa shape index (κ2) is 9.35. The molecule has 2 aromatic rings. The summed E-state index contributed by atoms with van der Waals surface area (Å²) in [7, 11) is 1.92. The minimum absolute atomic E-state index is 0.00331. The number of nitrogens with one attached hydrogen (secondary N) is 1. The second-order valence-corrected chi connectivity index (χ2v) is 6.70. The average molecular weight is 344 g/mol. The maximum atomic E-state index is 12.0. The highest BCUT2D eigenvalue weighted by Crippen LogP contribution is 2.18. The fraction of sp³-hybridized carbons (Fsp3) is 0.316. The smallest absolute Gasteiger partial charge is 0.234 e. The minimum Gasteiger partial charge on any atom is -0.395 e. The van der Waals surface area contributed by atoms with Gasteiger partial charge in [0, 0.05) is 30.7 Å². The number of carbonyl (C=O) groups excluding carboxylic acids is 1. The van der Waals surface area contributed by atoms with Crippen LogP contribution in [0.2, 0.25) is 0 Å². The number of hydrogen-bond acceptors (Lipinski definition) is 4. The van der Waals surface area contributed by atoms with Gasteiger partial charge in [-0.3, -0.25) is 4.79 Å². The lowest BCUT2D eigenvalue weighted by molar-refractivity contribution is -0.113. The number of anilines is 2. The molecule has 2 aromatic carbocycles. The lowest BCUT2D eigenvalue weighted by Gasteiger charge is -2.18. The van der Waals surface area contributed by atoms with Crippen molar-refractivity contribution in [3.63, 3.8) is 0 Å². The zero-order valence-corrected chi connectivity index (χ0v) is 15.0. The number of benzene rings is 2. The number of hydrogen-bond donors (Lipinski definition) is 2. The standard InChI is InChI=1S/C19H24N2O2S/c1-15-3-5-16(6-4-15)13-24-14-19(23)20-17-7-9-18(10-8-17)21(2)11-12-22/h3-10,22H,11-14H2,1-2H3,(H,20,23). The summed E-state index contributed by atoms with van der Waals surface area (Å²) in [6.07, 6.45) is 0. The Kier molecular flexibility index (Phi) is 7.15. The summed E-state index contributed by atoms with van der Waals surface area (Å²) in [5.41, 5.74) is 4.28. The molecule has 0 spiro atoms. The van der Waals surface area contributed by atoms with Gasteiger partial charge in [0.1, 0.15) is 0 Å². The van der Waals surface area contributed by atoms with E-state index in [9.17, 15) is 4.79 Å². The summed E-state index contributed by atoms with van der Waals surface area (Å²) in [6.45, 7) is 2.77. The van der Waals surface area contributed by atoms with E-state index in [2.05, 4.69) is 36.5 Å². The van der Waals surface area contributed by atoms with Gasteiger partial charge in [0.25, 0.3) is 0 Å². The summed E-state index contributed by atoms with van der Waals surface area (Å²) >= 11 is 1.61. The minimum atomic E-state index is 0.00331. The van der Waals surface area contributed by atoms with Gasteiger partial charge in [-0.2, -0.15) is 0 Å². The molecular weight excluding hydrogens is 320 g/mol. The normalized spacial score (nSPS) is 10.5. The van der Waals surface area contributed by atoms with Crippen LogP contribution in [0.4, 0.5) is 11.4 Å². The van der Waals surface area contributed by atoms with Gasteiger partial charge in [0.2, 0.25) is 5.91 Å². The molecule has 0 atom stereocenters. The Hall–Kier alpha value is -1.98. The van der Waals surface area contributed by atoms with Crippen molar-refractivity contribution in [2.24, 2.45) is 0 Å². The van der Waals surface area contributed by atoms with Gasteiger partial charge >= 0.3 is 0 Å². The molecule has 0 aliphatic heterocycles. The number of aliphatic hydroxyl groups is 1. The molecule has 0 unspecified atom stereocenters. The lowest BCUT2D eigenvalue weighted by atomic mass is 10.2. The number of amides is 1. The Bertz CT molecular complexity index is 641. The molecular formula is C19H24N2O2S. The quantitative estimate of drug-likeness (QED) is 0.771. The summed E-state index contributed by atoms with van der Waals surface area (Å²) in [5.74, 6) is 1.27. The lowest BCUT2D eigenvalue weighted by Crippen LogP contribution is -2.21. The fourth-order valence-corrected chi connectivity index (χ4v) is 3.01. The molecule has 128 valence electrons. The zero-order chi connectivity index (χ0) is 17.4. The number of likely N-dealkylation sites (N-methyl/N-ethyl adjacent to an activating group) is 1. The first kappa shape index (κ1) is 18.4. The van der Waals surface area contributed by atoms with Crippen molar-refractivity contribution in [2.75, 3.05) is 36.2 Å². The van der Waals surface area contributed by atoms with Gasteiger partial charge in [0.05, 0.1) is 12.4 Å². The van der Waals surface area contributed by atoms with Crippen molar-refractivity contribution in [2.45, 2.75) is 12.7 Å². The first-order valence-electron chi connectivity index (χ1n) is 7.93. The van der Waals surface area contributed by atoms with E-state index >= 15 is 0 Å². The van der Waals surface area contributed by atoms with E-state index in [1.54, 1.807) is 11.8 Å². The highest BCUT2D eigenvalue weighted by molar-refractivity contribution is 7.99. The van der Waals surface area contributed by atoms with Crippen LogP contribution in [0.1, 0.15) is 11.1 Å². The highest BCUT2D eigenvalue weighted by Gasteiger charge is 2.05. The van der Waals surface area contributed by atoms with Crippen LogP contribution in [0.15, 0.2) is 48.5 Å². The Morgan fingerprint density at radius 3 is 2.42 bits per heavy atom. The van der Waals surface area contributed by atoms with Crippen LogP contribution in [0.5, 0.6) is 0 Å². The third kappa shape index (κ3) is 5.91. The predicted molar refractivity (Wildman–Crippen MR) is 103 cm³/mol. The van der Waals surface area contributed by atoms with Gasteiger partial charge in [-0.15, -0.1) is 11.8 Å². The van der Waals surface area contributed by atoms with Crippen molar-refractivity contribution < 1.29 is 9.90 Å². The maximum Gasteiger partial charge on any atom is 0.234 e. The summed E-state index contributed by atoms with van der Waals surface area (Å²) < 4.78 is 0. The number of aryl methyl sites for hydroxylation is 1. The van der Waals surface area contributed by atoms with Crippen LogP contribution in [0, 0.1) is 6.92 Å². The molecule has 0 aromatic heterocycles. The Labute approximate surface area is 147 Å².